The zero-order valence-electron chi connectivity index (χ0n) is 10.4. The van der Waals surface area contributed by atoms with Crippen LogP contribution < -0.4 is 5.32 Å². The molecule has 16 heavy (non-hydrogen) atoms. The van der Waals surface area contributed by atoms with E-state index in [1.54, 1.807) is 0 Å². The van der Waals surface area contributed by atoms with E-state index in [2.05, 4.69) is 5.32 Å². The van der Waals surface area contributed by atoms with Gasteiger partial charge in [0.2, 0.25) is 5.91 Å². The summed E-state index contributed by atoms with van der Waals surface area (Å²) in [5, 5.41) is 12.0. The van der Waals surface area contributed by atoms with Crippen molar-refractivity contribution in [3.05, 3.63) is 0 Å². The lowest BCUT2D eigenvalue weighted by atomic mass is 9.95. The normalized spacial score (nSPS) is 19.8. The maximum Gasteiger partial charge on any atom is 0.234 e. The number of hydrogen-bond donors (Lipinski definition) is 2. The van der Waals surface area contributed by atoms with Crippen molar-refractivity contribution in [1.82, 2.24) is 10.2 Å². The van der Waals surface area contributed by atoms with Crippen molar-refractivity contribution < 1.29 is 9.90 Å². The summed E-state index contributed by atoms with van der Waals surface area (Å²) in [5.41, 5.74) is 0. The second kappa shape index (κ2) is 6.86. The number of rotatable bonds is 5. The van der Waals surface area contributed by atoms with Crippen LogP contribution in [0.2, 0.25) is 0 Å². The number of aliphatic hydroxyl groups excluding tert-OH is 1. The van der Waals surface area contributed by atoms with Gasteiger partial charge in [0.05, 0.1) is 13.2 Å². The van der Waals surface area contributed by atoms with E-state index < -0.39 is 0 Å². The van der Waals surface area contributed by atoms with Crippen LogP contribution in [-0.4, -0.2) is 48.2 Å². The summed E-state index contributed by atoms with van der Waals surface area (Å²) in [6, 6.07) is 0.413. The Morgan fingerprint density at radius 1 is 1.44 bits per heavy atom. The SMILES string of the molecule is CC(CO)N(C)CC(=O)NC1CCCCC1. The van der Waals surface area contributed by atoms with Gasteiger partial charge < -0.3 is 10.4 Å². The maximum absolute atomic E-state index is 11.7. The minimum atomic E-state index is 0.0390. The van der Waals surface area contributed by atoms with E-state index in [4.69, 9.17) is 5.11 Å². The van der Waals surface area contributed by atoms with Crippen LogP contribution in [0.15, 0.2) is 0 Å². The molecular formula is C12H24N2O2. The molecule has 2 N–H and O–H groups in total. The van der Waals surface area contributed by atoms with Gasteiger partial charge in [0.25, 0.3) is 0 Å². The van der Waals surface area contributed by atoms with Crippen molar-refractivity contribution in [2.75, 3.05) is 20.2 Å². The predicted octanol–water partition coefficient (Wildman–Crippen LogP) is 0.748. The van der Waals surface area contributed by atoms with Gasteiger partial charge in [-0.05, 0) is 26.8 Å². The zero-order chi connectivity index (χ0) is 12.0. The first-order valence-electron chi connectivity index (χ1n) is 6.24. The fourth-order valence-corrected chi connectivity index (χ4v) is 2.04. The van der Waals surface area contributed by atoms with E-state index in [1.165, 1.54) is 19.3 Å². The highest BCUT2D eigenvalue weighted by molar-refractivity contribution is 5.78. The van der Waals surface area contributed by atoms with Gasteiger partial charge in [-0.3, -0.25) is 9.69 Å². The van der Waals surface area contributed by atoms with Crippen LogP contribution in [0.3, 0.4) is 0 Å². The number of carbonyl (C=O) groups is 1. The van der Waals surface area contributed by atoms with Crippen molar-refractivity contribution in [2.24, 2.45) is 0 Å². The molecule has 0 bridgehead atoms. The van der Waals surface area contributed by atoms with E-state index in [9.17, 15) is 4.79 Å². The number of aliphatic hydroxyl groups is 1. The van der Waals surface area contributed by atoms with Crippen LogP contribution in [0.5, 0.6) is 0 Å². The standard InChI is InChI=1S/C12H24N2O2/c1-10(9-15)14(2)8-12(16)13-11-6-4-3-5-7-11/h10-11,15H,3-9H2,1-2H3,(H,13,16). The van der Waals surface area contributed by atoms with Gasteiger partial charge in [-0.25, -0.2) is 0 Å². The smallest absolute Gasteiger partial charge is 0.234 e. The number of nitrogens with one attached hydrogen (secondary N) is 1. The van der Waals surface area contributed by atoms with Crippen LogP contribution in [0.25, 0.3) is 0 Å². The van der Waals surface area contributed by atoms with Gasteiger partial charge in [-0.1, -0.05) is 19.3 Å². The van der Waals surface area contributed by atoms with Crippen molar-refractivity contribution in [2.45, 2.75) is 51.1 Å². The van der Waals surface area contributed by atoms with Crippen LogP contribution in [0.4, 0.5) is 0 Å². The second-order valence-electron chi connectivity index (χ2n) is 4.85. The Bertz CT molecular complexity index is 209. The molecule has 0 aromatic carbocycles. The number of amides is 1. The Kier molecular flexibility index (Phi) is 5.77. The Labute approximate surface area is 98.0 Å². The van der Waals surface area contributed by atoms with Gasteiger partial charge >= 0.3 is 0 Å². The molecule has 0 spiro atoms. The number of likely N-dealkylation sites (N-methyl/N-ethyl adjacent to an activating group) is 1. The minimum Gasteiger partial charge on any atom is -0.395 e. The molecule has 94 valence electrons. The highest BCUT2D eigenvalue weighted by Crippen LogP contribution is 2.17. The average molecular weight is 228 g/mol. The highest BCUT2D eigenvalue weighted by atomic mass is 16.3. The molecule has 1 atom stereocenters. The van der Waals surface area contributed by atoms with Gasteiger partial charge in [0, 0.05) is 12.1 Å². The minimum absolute atomic E-state index is 0.0390. The monoisotopic (exact) mass is 228 g/mol. The molecule has 1 amide bonds. The lowest BCUT2D eigenvalue weighted by Gasteiger charge is -2.26. The van der Waals surface area contributed by atoms with Crippen molar-refractivity contribution in [3.8, 4) is 0 Å². The molecule has 0 saturated heterocycles. The third-order valence-corrected chi connectivity index (χ3v) is 3.38. The Morgan fingerprint density at radius 3 is 2.62 bits per heavy atom. The number of carbonyl (C=O) groups excluding carboxylic acids is 1. The molecule has 1 aliphatic rings. The first-order valence-corrected chi connectivity index (χ1v) is 6.24. The van der Waals surface area contributed by atoms with Gasteiger partial charge in [-0.15, -0.1) is 0 Å². The summed E-state index contributed by atoms with van der Waals surface area (Å²) >= 11 is 0. The van der Waals surface area contributed by atoms with Crippen LogP contribution in [0.1, 0.15) is 39.0 Å². The van der Waals surface area contributed by atoms with E-state index in [-0.39, 0.29) is 18.6 Å². The third-order valence-electron chi connectivity index (χ3n) is 3.38. The van der Waals surface area contributed by atoms with Gasteiger partial charge in [0.15, 0.2) is 0 Å². The fourth-order valence-electron chi connectivity index (χ4n) is 2.04. The van der Waals surface area contributed by atoms with Gasteiger partial charge in [-0.2, -0.15) is 0 Å². The van der Waals surface area contributed by atoms with Gasteiger partial charge in [0.1, 0.15) is 0 Å². The molecule has 0 aromatic rings. The predicted molar refractivity (Wildman–Crippen MR) is 64.2 cm³/mol. The van der Waals surface area contributed by atoms with E-state index >= 15 is 0 Å². The fraction of sp³-hybridized carbons (Fsp3) is 0.917. The molecule has 0 heterocycles. The molecule has 1 fully saturated rings. The summed E-state index contributed by atoms with van der Waals surface area (Å²) in [6.07, 6.45) is 5.99. The van der Waals surface area contributed by atoms with Crippen molar-refractivity contribution in [1.29, 1.82) is 0 Å². The molecule has 1 aliphatic carbocycles. The summed E-state index contributed by atoms with van der Waals surface area (Å²) in [5.74, 6) is 0.0784. The molecule has 4 heteroatoms. The van der Waals surface area contributed by atoms with Crippen molar-refractivity contribution >= 4 is 5.91 Å². The zero-order valence-corrected chi connectivity index (χ0v) is 10.4. The average Bonchev–Trinajstić information content (AvgIpc) is 2.29. The largest absolute Gasteiger partial charge is 0.395 e. The Hall–Kier alpha value is -0.610. The highest BCUT2D eigenvalue weighted by Gasteiger charge is 2.17. The molecule has 0 aromatic heterocycles. The number of nitrogens with zero attached hydrogens (tertiary/aromatic N) is 1. The van der Waals surface area contributed by atoms with Crippen LogP contribution in [0, 0.1) is 0 Å². The summed E-state index contributed by atoms with van der Waals surface area (Å²) in [7, 11) is 1.86. The molecule has 0 radical (unpaired) electrons. The van der Waals surface area contributed by atoms with E-state index in [1.807, 2.05) is 18.9 Å². The summed E-state index contributed by atoms with van der Waals surface area (Å²) in [6.45, 7) is 2.37. The molecule has 1 rings (SSSR count). The number of hydrogen-bond acceptors (Lipinski definition) is 3. The third kappa shape index (κ3) is 4.49. The van der Waals surface area contributed by atoms with Crippen LogP contribution >= 0.6 is 0 Å². The first-order chi connectivity index (χ1) is 7.63. The van der Waals surface area contributed by atoms with E-state index in [0.717, 1.165) is 12.8 Å². The molecular weight excluding hydrogens is 204 g/mol. The quantitative estimate of drug-likeness (QED) is 0.730. The molecule has 1 unspecified atom stereocenters. The second-order valence-corrected chi connectivity index (χ2v) is 4.85. The maximum atomic E-state index is 11.7. The molecule has 0 aliphatic heterocycles. The lowest BCUT2D eigenvalue weighted by molar-refractivity contribution is -0.123. The van der Waals surface area contributed by atoms with E-state index in [0.29, 0.717) is 12.6 Å². The molecule has 4 nitrogen and oxygen atoms in total. The van der Waals surface area contributed by atoms with Crippen molar-refractivity contribution in [3.63, 3.8) is 0 Å². The van der Waals surface area contributed by atoms with Crippen LogP contribution in [-0.2, 0) is 4.79 Å². The summed E-state index contributed by atoms with van der Waals surface area (Å²) in [4.78, 5) is 13.6. The summed E-state index contributed by atoms with van der Waals surface area (Å²) < 4.78 is 0. The Balaban J connectivity index is 2.23. The Morgan fingerprint density at radius 2 is 2.06 bits per heavy atom. The first kappa shape index (κ1) is 13.5. The topological polar surface area (TPSA) is 52.6 Å². The molecule has 1 saturated carbocycles. The lowest BCUT2D eigenvalue weighted by Crippen LogP contribution is -2.44.